The molecule has 0 saturated carbocycles. The number of halogens is 2. The molecule has 1 aliphatic rings. The fraction of sp³-hybridized carbons (Fsp3) is 0.333. The van der Waals surface area contributed by atoms with Gasteiger partial charge in [-0.25, -0.2) is 0 Å². The second kappa shape index (κ2) is 4.00. The highest BCUT2D eigenvalue weighted by Crippen LogP contribution is 2.37. The molecular weight excluding hydrogens is 267 g/mol. The molecule has 0 unspecified atom stereocenters. The lowest BCUT2D eigenvalue weighted by atomic mass is 10.3. The van der Waals surface area contributed by atoms with E-state index in [4.69, 9.17) is 23.2 Å². The number of nitrogens with one attached hydrogen (secondary N) is 1. The van der Waals surface area contributed by atoms with Crippen molar-refractivity contribution in [1.82, 2.24) is 20.1 Å². The van der Waals surface area contributed by atoms with Crippen molar-refractivity contribution in [2.75, 3.05) is 6.54 Å². The van der Waals surface area contributed by atoms with Crippen molar-refractivity contribution < 1.29 is 0 Å². The van der Waals surface area contributed by atoms with Gasteiger partial charge in [-0.05, 0) is 6.07 Å². The Morgan fingerprint density at radius 3 is 3.00 bits per heavy atom. The molecule has 0 saturated heterocycles. The Balaban J connectivity index is 2.13. The van der Waals surface area contributed by atoms with Crippen LogP contribution in [0.1, 0.15) is 5.82 Å². The van der Waals surface area contributed by atoms with Gasteiger partial charge < -0.3 is 9.88 Å². The molecule has 1 aliphatic heterocycles. The summed E-state index contributed by atoms with van der Waals surface area (Å²) in [5.74, 6) is 1.75. The molecule has 84 valence electrons. The van der Waals surface area contributed by atoms with E-state index in [2.05, 4.69) is 20.1 Å². The summed E-state index contributed by atoms with van der Waals surface area (Å²) in [6.07, 6.45) is 0. The second-order valence-electron chi connectivity index (χ2n) is 3.51. The van der Waals surface area contributed by atoms with Gasteiger partial charge in [0.1, 0.15) is 10.2 Å². The van der Waals surface area contributed by atoms with Gasteiger partial charge in [0.25, 0.3) is 0 Å². The maximum absolute atomic E-state index is 6.12. The van der Waals surface area contributed by atoms with Crippen LogP contribution in [-0.2, 0) is 13.1 Å². The van der Waals surface area contributed by atoms with Gasteiger partial charge >= 0.3 is 0 Å². The van der Waals surface area contributed by atoms with Crippen LogP contribution in [-0.4, -0.2) is 21.3 Å². The molecule has 3 heterocycles. The van der Waals surface area contributed by atoms with Crippen molar-refractivity contribution >= 4 is 34.5 Å². The van der Waals surface area contributed by atoms with Crippen molar-refractivity contribution in [3.8, 4) is 11.4 Å². The number of rotatable bonds is 1. The highest BCUT2D eigenvalue weighted by atomic mass is 35.5. The lowest BCUT2D eigenvalue weighted by Gasteiger charge is -2.15. The van der Waals surface area contributed by atoms with Crippen LogP contribution >= 0.6 is 34.5 Å². The molecule has 0 fully saturated rings. The highest BCUT2D eigenvalue weighted by Gasteiger charge is 2.19. The van der Waals surface area contributed by atoms with Crippen LogP contribution in [0.2, 0.25) is 8.67 Å². The molecule has 4 nitrogen and oxygen atoms in total. The monoisotopic (exact) mass is 274 g/mol. The number of fused-ring (bicyclic) bond motifs is 1. The molecular formula is C9H8Cl2N4S. The Morgan fingerprint density at radius 1 is 1.38 bits per heavy atom. The van der Waals surface area contributed by atoms with E-state index >= 15 is 0 Å². The third-order valence-corrected chi connectivity index (χ3v) is 4.01. The van der Waals surface area contributed by atoms with Crippen molar-refractivity contribution in [2.24, 2.45) is 0 Å². The van der Waals surface area contributed by atoms with Gasteiger partial charge in [-0.3, -0.25) is 0 Å². The number of hydrogen-bond acceptors (Lipinski definition) is 4. The molecule has 3 rings (SSSR count). The highest BCUT2D eigenvalue weighted by molar-refractivity contribution is 7.20. The first-order valence-corrected chi connectivity index (χ1v) is 6.41. The normalized spacial score (nSPS) is 15.1. The third kappa shape index (κ3) is 1.64. The van der Waals surface area contributed by atoms with E-state index in [0.29, 0.717) is 8.67 Å². The van der Waals surface area contributed by atoms with Crippen molar-refractivity contribution in [3.63, 3.8) is 0 Å². The minimum Gasteiger partial charge on any atom is -0.309 e. The smallest absolute Gasteiger partial charge is 0.166 e. The summed E-state index contributed by atoms with van der Waals surface area (Å²) in [6, 6.07) is 1.84. The minimum atomic E-state index is 0.665. The molecule has 0 aromatic carbocycles. The lowest BCUT2D eigenvalue weighted by Crippen LogP contribution is -2.28. The molecule has 2 aromatic heterocycles. The maximum atomic E-state index is 6.12. The van der Waals surface area contributed by atoms with Crippen molar-refractivity contribution in [2.45, 2.75) is 13.1 Å². The first-order chi connectivity index (χ1) is 7.75. The van der Waals surface area contributed by atoms with E-state index in [9.17, 15) is 0 Å². The van der Waals surface area contributed by atoms with Crippen LogP contribution in [0, 0.1) is 0 Å². The number of thiophene rings is 1. The molecule has 0 spiro atoms. The molecule has 7 heteroatoms. The number of aromatic nitrogens is 3. The van der Waals surface area contributed by atoms with Crippen LogP contribution in [0.15, 0.2) is 6.07 Å². The van der Waals surface area contributed by atoms with Gasteiger partial charge in [-0.2, -0.15) is 0 Å². The number of nitrogens with zero attached hydrogens (tertiary/aromatic N) is 3. The maximum Gasteiger partial charge on any atom is 0.166 e. The first kappa shape index (κ1) is 10.5. The van der Waals surface area contributed by atoms with E-state index in [1.165, 1.54) is 11.3 Å². The average Bonchev–Trinajstić information content (AvgIpc) is 2.81. The van der Waals surface area contributed by atoms with Gasteiger partial charge in [0, 0.05) is 13.1 Å². The summed E-state index contributed by atoms with van der Waals surface area (Å²) < 4.78 is 3.42. The summed E-state index contributed by atoms with van der Waals surface area (Å²) in [5, 5.41) is 11.6. The Morgan fingerprint density at radius 2 is 2.25 bits per heavy atom. The quantitative estimate of drug-likeness (QED) is 0.869. The lowest BCUT2D eigenvalue weighted by molar-refractivity contribution is 0.508. The standard InChI is InChI=1S/C9H8Cl2N4S/c10-6-3-5(8(11)16-6)9-14-13-7-4-12-1-2-15(7)9/h3,12H,1-2,4H2. The third-order valence-electron chi connectivity index (χ3n) is 2.52. The van der Waals surface area contributed by atoms with Crippen LogP contribution in [0.25, 0.3) is 11.4 Å². The largest absolute Gasteiger partial charge is 0.309 e. The van der Waals surface area contributed by atoms with Gasteiger partial charge in [-0.15, -0.1) is 21.5 Å². The van der Waals surface area contributed by atoms with Crippen molar-refractivity contribution in [1.29, 1.82) is 0 Å². The average molecular weight is 275 g/mol. The summed E-state index contributed by atoms with van der Waals surface area (Å²) in [5.41, 5.74) is 0.873. The zero-order valence-corrected chi connectivity index (χ0v) is 10.5. The molecule has 0 bridgehead atoms. The summed E-state index contributed by atoms with van der Waals surface area (Å²) >= 11 is 13.4. The fourth-order valence-electron chi connectivity index (χ4n) is 1.78. The fourth-order valence-corrected chi connectivity index (χ4v) is 3.24. The Bertz CT molecular complexity index is 534. The Hall–Kier alpha value is -0.620. The molecule has 0 atom stereocenters. The predicted molar refractivity (Wildman–Crippen MR) is 65.1 cm³/mol. The molecule has 16 heavy (non-hydrogen) atoms. The molecule has 2 aromatic rings. The molecule has 1 N–H and O–H groups in total. The Kier molecular flexibility index (Phi) is 2.63. The summed E-state index contributed by atoms with van der Waals surface area (Å²) in [6.45, 7) is 2.54. The van der Waals surface area contributed by atoms with E-state index in [0.717, 1.165) is 36.8 Å². The van der Waals surface area contributed by atoms with Crippen LogP contribution in [0.5, 0.6) is 0 Å². The van der Waals surface area contributed by atoms with E-state index in [-0.39, 0.29) is 0 Å². The van der Waals surface area contributed by atoms with E-state index in [1.54, 1.807) is 0 Å². The molecule has 0 aliphatic carbocycles. The predicted octanol–water partition coefficient (Wildman–Crippen LogP) is 2.42. The van der Waals surface area contributed by atoms with Crippen LogP contribution in [0.3, 0.4) is 0 Å². The van der Waals surface area contributed by atoms with E-state index < -0.39 is 0 Å². The van der Waals surface area contributed by atoms with Gasteiger partial charge in [-0.1, -0.05) is 23.2 Å². The summed E-state index contributed by atoms with van der Waals surface area (Å²) in [4.78, 5) is 0. The summed E-state index contributed by atoms with van der Waals surface area (Å²) in [7, 11) is 0. The SMILES string of the molecule is Clc1cc(-c2nnc3n2CCNC3)c(Cl)s1. The second-order valence-corrected chi connectivity index (χ2v) is 5.79. The minimum absolute atomic E-state index is 0.665. The topological polar surface area (TPSA) is 42.7 Å². The van der Waals surface area contributed by atoms with E-state index in [1.807, 2.05) is 6.07 Å². The van der Waals surface area contributed by atoms with Crippen molar-refractivity contribution in [3.05, 3.63) is 20.6 Å². The van der Waals surface area contributed by atoms with Crippen LogP contribution < -0.4 is 5.32 Å². The number of hydrogen-bond donors (Lipinski definition) is 1. The zero-order valence-electron chi connectivity index (χ0n) is 8.20. The molecule has 0 radical (unpaired) electrons. The molecule has 0 amide bonds. The zero-order chi connectivity index (χ0) is 11.1. The van der Waals surface area contributed by atoms with Gasteiger partial charge in [0.05, 0.1) is 16.4 Å². The first-order valence-electron chi connectivity index (χ1n) is 4.83. The van der Waals surface area contributed by atoms with Gasteiger partial charge in [0.2, 0.25) is 0 Å². The van der Waals surface area contributed by atoms with Gasteiger partial charge in [0.15, 0.2) is 5.82 Å². The van der Waals surface area contributed by atoms with Crippen LogP contribution in [0.4, 0.5) is 0 Å². The Labute approximate surface area is 106 Å².